The number of carbonyl (C=O) groups is 1. The second kappa shape index (κ2) is 6.59. The van der Waals surface area contributed by atoms with Crippen LogP contribution in [-0.4, -0.2) is 23.4 Å². The van der Waals surface area contributed by atoms with Crippen LogP contribution in [0.3, 0.4) is 0 Å². The van der Waals surface area contributed by atoms with Crippen LogP contribution in [0.15, 0.2) is 24.3 Å². The SMILES string of the molecule is CC(C)C[C@H](N)C(=O)N1CCCC1c1ccccc1Cl. The van der Waals surface area contributed by atoms with E-state index in [0.29, 0.717) is 5.92 Å². The van der Waals surface area contributed by atoms with Crippen molar-refractivity contribution in [3.05, 3.63) is 34.9 Å². The van der Waals surface area contributed by atoms with Crippen molar-refractivity contribution >= 4 is 17.5 Å². The van der Waals surface area contributed by atoms with E-state index in [9.17, 15) is 4.79 Å². The van der Waals surface area contributed by atoms with Gasteiger partial charge in [-0.15, -0.1) is 0 Å². The standard InChI is InChI=1S/C16H23ClN2O/c1-11(2)10-14(18)16(20)19-9-5-8-15(19)12-6-3-4-7-13(12)17/h3-4,6-7,11,14-15H,5,8-10,18H2,1-2H3/t14-,15?/m0/s1. The molecule has 4 heteroatoms. The maximum Gasteiger partial charge on any atom is 0.240 e. The number of halogens is 1. The molecule has 2 atom stereocenters. The van der Waals surface area contributed by atoms with Gasteiger partial charge in [0.2, 0.25) is 5.91 Å². The first-order valence-corrected chi connectivity index (χ1v) is 7.69. The topological polar surface area (TPSA) is 46.3 Å². The molecule has 0 aliphatic carbocycles. The molecular weight excluding hydrogens is 272 g/mol. The number of hydrogen-bond acceptors (Lipinski definition) is 2. The number of nitrogens with zero attached hydrogens (tertiary/aromatic N) is 1. The largest absolute Gasteiger partial charge is 0.334 e. The first-order valence-electron chi connectivity index (χ1n) is 7.31. The Hall–Kier alpha value is -1.06. The van der Waals surface area contributed by atoms with Gasteiger partial charge in [-0.25, -0.2) is 0 Å². The van der Waals surface area contributed by atoms with Crippen LogP contribution in [0, 0.1) is 5.92 Å². The molecule has 2 rings (SSSR count). The Balaban J connectivity index is 2.15. The van der Waals surface area contributed by atoms with Crippen molar-refractivity contribution in [1.29, 1.82) is 0 Å². The van der Waals surface area contributed by atoms with E-state index in [0.717, 1.165) is 36.4 Å². The maximum absolute atomic E-state index is 12.5. The summed E-state index contributed by atoms with van der Waals surface area (Å²) in [4.78, 5) is 14.4. The van der Waals surface area contributed by atoms with Crippen molar-refractivity contribution < 1.29 is 4.79 Å². The van der Waals surface area contributed by atoms with Gasteiger partial charge in [-0.3, -0.25) is 4.79 Å². The predicted molar refractivity (Wildman–Crippen MR) is 82.6 cm³/mol. The Morgan fingerprint density at radius 2 is 2.15 bits per heavy atom. The minimum absolute atomic E-state index is 0.0566. The summed E-state index contributed by atoms with van der Waals surface area (Å²) < 4.78 is 0. The fourth-order valence-corrected chi connectivity index (χ4v) is 3.18. The van der Waals surface area contributed by atoms with E-state index in [4.69, 9.17) is 17.3 Å². The van der Waals surface area contributed by atoms with Gasteiger partial charge in [0.1, 0.15) is 0 Å². The summed E-state index contributed by atoms with van der Waals surface area (Å²) >= 11 is 6.27. The summed E-state index contributed by atoms with van der Waals surface area (Å²) in [6, 6.07) is 7.44. The molecule has 1 aromatic rings. The number of benzene rings is 1. The molecule has 1 aliphatic heterocycles. The zero-order valence-electron chi connectivity index (χ0n) is 12.2. The number of nitrogens with two attached hydrogens (primary N) is 1. The van der Waals surface area contributed by atoms with Gasteiger partial charge in [-0.1, -0.05) is 43.6 Å². The lowest BCUT2D eigenvalue weighted by atomic mass is 10.0. The smallest absolute Gasteiger partial charge is 0.240 e. The molecule has 0 aromatic heterocycles. The van der Waals surface area contributed by atoms with Crippen molar-refractivity contribution in [3.8, 4) is 0 Å². The highest BCUT2D eigenvalue weighted by Gasteiger charge is 2.33. The Labute approximate surface area is 126 Å². The fourth-order valence-electron chi connectivity index (χ4n) is 2.92. The molecule has 0 radical (unpaired) electrons. The highest BCUT2D eigenvalue weighted by molar-refractivity contribution is 6.31. The minimum atomic E-state index is -0.405. The van der Waals surface area contributed by atoms with Crippen molar-refractivity contribution in [1.82, 2.24) is 4.90 Å². The summed E-state index contributed by atoms with van der Waals surface area (Å²) in [5, 5.41) is 0.731. The highest BCUT2D eigenvalue weighted by Crippen LogP contribution is 2.36. The van der Waals surface area contributed by atoms with Crippen LogP contribution in [0.5, 0.6) is 0 Å². The van der Waals surface area contributed by atoms with Crippen molar-refractivity contribution in [2.24, 2.45) is 11.7 Å². The van der Waals surface area contributed by atoms with E-state index in [1.165, 1.54) is 0 Å². The van der Waals surface area contributed by atoms with E-state index >= 15 is 0 Å². The van der Waals surface area contributed by atoms with Gasteiger partial charge in [0.25, 0.3) is 0 Å². The first-order chi connectivity index (χ1) is 9.50. The monoisotopic (exact) mass is 294 g/mol. The van der Waals surface area contributed by atoms with Gasteiger partial charge < -0.3 is 10.6 Å². The lowest BCUT2D eigenvalue weighted by molar-refractivity contribution is -0.133. The third-order valence-electron chi connectivity index (χ3n) is 3.84. The molecule has 3 nitrogen and oxygen atoms in total. The van der Waals surface area contributed by atoms with E-state index in [1.807, 2.05) is 29.2 Å². The Morgan fingerprint density at radius 3 is 2.80 bits per heavy atom. The molecule has 2 N–H and O–H groups in total. The molecule has 1 aliphatic rings. The van der Waals surface area contributed by atoms with Crippen LogP contribution in [0.2, 0.25) is 5.02 Å². The molecule has 1 aromatic carbocycles. The van der Waals surface area contributed by atoms with Gasteiger partial charge in [0.05, 0.1) is 12.1 Å². The Bertz CT molecular complexity index is 475. The normalized spacial score (nSPS) is 20.4. The van der Waals surface area contributed by atoms with Gasteiger partial charge in [0.15, 0.2) is 0 Å². The zero-order chi connectivity index (χ0) is 14.7. The summed E-state index contributed by atoms with van der Waals surface area (Å²) in [7, 11) is 0. The van der Waals surface area contributed by atoms with Crippen LogP contribution >= 0.6 is 11.6 Å². The molecule has 1 unspecified atom stereocenters. The number of hydrogen-bond donors (Lipinski definition) is 1. The van der Waals surface area contributed by atoms with Gasteiger partial charge >= 0.3 is 0 Å². The Kier molecular flexibility index (Phi) is 5.06. The maximum atomic E-state index is 12.5. The molecule has 0 bridgehead atoms. The average Bonchev–Trinajstić information content (AvgIpc) is 2.86. The van der Waals surface area contributed by atoms with Crippen LogP contribution in [0.4, 0.5) is 0 Å². The predicted octanol–water partition coefficient (Wildman–Crippen LogP) is 3.38. The molecule has 1 fully saturated rings. The zero-order valence-corrected chi connectivity index (χ0v) is 12.9. The fraction of sp³-hybridized carbons (Fsp3) is 0.562. The molecule has 0 saturated carbocycles. The number of amides is 1. The third-order valence-corrected chi connectivity index (χ3v) is 4.19. The molecule has 1 amide bonds. The molecular formula is C16H23ClN2O. The molecule has 1 saturated heterocycles. The summed E-state index contributed by atoms with van der Waals surface area (Å²) in [5.41, 5.74) is 7.09. The lowest BCUT2D eigenvalue weighted by Crippen LogP contribution is -2.44. The Morgan fingerprint density at radius 1 is 1.45 bits per heavy atom. The van der Waals surface area contributed by atoms with Crippen molar-refractivity contribution in [2.75, 3.05) is 6.54 Å². The molecule has 1 heterocycles. The van der Waals surface area contributed by atoms with E-state index < -0.39 is 6.04 Å². The van der Waals surface area contributed by atoms with Crippen molar-refractivity contribution in [3.63, 3.8) is 0 Å². The minimum Gasteiger partial charge on any atom is -0.334 e. The van der Waals surface area contributed by atoms with E-state index in [-0.39, 0.29) is 11.9 Å². The van der Waals surface area contributed by atoms with Gasteiger partial charge in [-0.05, 0) is 36.8 Å². The van der Waals surface area contributed by atoms with Crippen LogP contribution in [-0.2, 0) is 4.79 Å². The molecule has 0 spiro atoms. The van der Waals surface area contributed by atoms with Crippen LogP contribution < -0.4 is 5.73 Å². The second-order valence-electron chi connectivity index (χ2n) is 5.95. The summed E-state index contributed by atoms with van der Waals surface area (Å²) in [6.07, 6.45) is 2.70. The summed E-state index contributed by atoms with van der Waals surface area (Å²) in [5.74, 6) is 0.483. The van der Waals surface area contributed by atoms with Crippen LogP contribution in [0.25, 0.3) is 0 Å². The third kappa shape index (κ3) is 3.33. The quantitative estimate of drug-likeness (QED) is 0.925. The second-order valence-corrected chi connectivity index (χ2v) is 6.35. The number of carbonyl (C=O) groups excluding carboxylic acids is 1. The molecule has 20 heavy (non-hydrogen) atoms. The van der Waals surface area contributed by atoms with Gasteiger partial charge in [-0.2, -0.15) is 0 Å². The average molecular weight is 295 g/mol. The first kappa shape index (κ1) is 15.3. The van der Waals surface area contributed by atoms with Crippen molar-refractivity contribution in [2.45, 2.75) is 45.2 Å². The number of rotatable bonds is 4. The summed E-state index contributed by atoms with van der Waals surface area (Å²) in [6.45, 7) is 4.95. The van der Waals surface area contributed by atoms with E-state index in [1.54, 1.807) is 0 Å². The molecule has 110 valence electrons. The number of likely N-dealkylation sites (tertiary alicyclic amines) is 1. The lowest BCUT2D eigenvalue weighted by Gasteiger charge is -2.28. The van der Waals surface area contributed by atoms with Gasteiger partial charge in [0, 0.05) is 11.6 Å². The highest BCUT2D eigenvalue weighted by atomic mass is 35.5. The van der Waals surface area contributed by atoms with E-state index in [2.05, 4.69) is 13.8 Å². The van der Waals surface area contributed by atoms with Crippen LogP contribution in [0.1, 0.15) is 44.7 Å².